The van der Waals surface area contributed by atoms with E-state index in [1.165, 1.54) is 0 Å². The summed E-state index contributed by atoms with van der Waals surface area (Å²) in [7, 11) is 0. The van der Waals surface area contributed by atoms with Gasteiger partial charge in [0.15, 0.2) is 0 Å². The van der Waals surface area contributed by atoms with Crippen LogP contribution in [0.25, 0.3) is 0 Å². The topological polar surface area (TPSA) is 57.5 Å². The molecule has 0 aromatic carbocycles. The molecule has 0 unspecified atom stereocenters. The van der Waals surface area contributed by atoms with Crippen molar-refractivity contribution in [1.29, 1.82) is 0 Å². The van der Waals surface area contributed by atoms with Gasteiger partial charge in [-0.2, -0.15) is 0 Å². The zero-order valence-electron chi connectivity index (χ0n) is 14.5. The van der Waals surface area contributed by atoms with Crippen molar-refractivity contribution in [1.82, 2.24) is 0 Å². The molecule has 0 saturated heterocycles. The van der Waals surface area contributed by atoms with Crippen LogP contribution in [0.1, 0.15) is 71.6 Å². The van der Waals surface area contributed by atoms with E-state index in [1.807, 2.05) is 6.92 Å². The number of carboxylic acids is 1. The van der Waals surface area contributed by atoms with Crippen LogP contribution in [0.5, 0.6) is 0 Å². The van der Waals surface area contributed by atoms with E-state index < -0.39 is 17.0 Å². The predicted molar refractivity (Wildman–Crippen MR) is 88.9 cm³/mol. The maximum atomic E-state index is 12.0. The summed E-state index contributed by atoms with van der Waals surface area (Å²) in [4.78, 5) is 12.0. The lowest BCUT2D eigenvalue weighted by Gasteiger charge is -2.63. The number of carbonyl (C=O) groups is 1. The van der Waals surface area contributed by atoms with Crippen LogP contribution in [-0.2, 0) is 4.79 Å². The third kappa shape index (κ3) is 1.78. The Morgan fingerprint density at radius 3 is 2.52 bits per heavy atom. The molecule has 128 valence electrons. The second kappa shape index (κ2) is 4.41. The fraction of sp³-hybridized carbons (Fsp3) is 0.850. The summed E-state index contributed by atoms with van der Waals surface area (Å²) in [5.41, 5.74) is 0.128. The van der Waals surface area contributed by atoms with E-state index in [1.54, 1.807) is 0 Å². The standard InChI is InChI=1S/C20H30O3/c1-13-11-19-9-5-14-17(2,7-4-8-18(14,3)16(21)22)15(19)6-10-20(13,23)12-19/h14-15,23H,1,4-12H2,2-3H3,(H,21,22)/t14-,15-,17-,18-,19+,20-/m1/s1. The van der Waals surface area contributed by atoms with Crippen molar-refractivity contribution in [3.8, 4) is 0 Å². The van der Waals surface area contributed by atoms with Crippen LogP contribution < -0.4 is 0 Å². The fourth-order valence-electron chi connectivity index (χ4n) is 7.61. The van der Waals surface area contributed by atoms with Gasteiger partial charge in [-0.15, -0.1) is 0 Å². The van der Waals surface area contributed by atoms with Crippen LogP contribution in [0.3, 0.4) is 0 Å². The van der Waals surface area contributed by atoms with Crippen LogP contribution in [0, 0.1) is 28.1 Å². The van der Waals surface area contributed by atoms with Gasteiger partial charge in [-0.25, -0.2) is 0 Å². The molecule has 0 aliphatic heterocycles. The van der Waals surface area contributed by atoms with E-state index in [9.17, 15) is 15.0 Å². The average Bonchev–Trinajstić information content (AvgIpc) is 2.63. The van der Waals surface area contributed by atoms with Crippen molar-refractivity contribution in [2.24, 2.45) is 28.1 Å². The highest BCUT2D eigenvalue weighted by atomic mass is 16.4. The smallest absolute Gasteiger partial charge is 0.309 e. The zero-order chi connectivity index (χ0) is 16.7. The van der Waals surface area contributed by atoms with Gasteiger partial charge in [0.25, 0.3) is 0 Å². The van der Waals surface area contributed by atoms with Gasteiger partial charge in [0.2, 0.25) is 0 Å². The second-order valence-corrected chi connectivity index (χ2v) is 9.62. The van der Waals surface area contributed by atoms with Crippen LogP contribution in [0.2, 0.25) is 0 Å². The van der Waals surface area contributed by atoms with Gasteiger partial charge >= 0.3 is 5.97 Å². The first kappa shape index (κ1) is 15.7. The molecule has 1 spiro atoms. The zero-order valence-corrected chi connectivity index (χ0v) is 14.5. The molecule has 6 atom stereocenters. The maximum absolute atomic E-state index is 12.0. The van der Waals surface area contributed by atoms with Crippen molar-refractivity contribution in [3.63, 3.8) is 0 Å². The Hall–Kier alpha value is -0.830. The lowest BCUT2D eigenvalue weighted by atomic mass is 9.41. The van der Waals surface area contributed by atoms with E-state index in [-0.39, 0.29) is 16.7 Å². The minimum Gasteiger partial charge on any atom is -0.481 e. The number of carboxylic acid groups (broad SMARTS) is 1. The number of aliphatic hydroxyl groups is 1. The normalized spacial score (nSPS) is 55.2. The molecule has 0 heterocycles. The van der Waals surface area contributed by atoms with Crippen molar-refractivity contribution in [2.75, 3.05) is 0 Å². The molecular weight excluding hydrogens is 288 g/mol. The first-order chi connectivity index (χ1) is 10.7. The quantitative estimate of drug-likeness (QED) is 0.714. The lowest BCUT2D eigenvalue weighted by Crippen LogP contribution is -2.59. The molecule has 4 aliphatic carbocycles. The molecule has 0 aromatic heterocycles. The molecule has 2 bridgehead atoms. The lowest BCUT2D eigenvalue weighted by molar-refractivity contribution is -0.186. The summed E-state index contributed by atoms with van der Waals surface area (Å²) in [6.07, 6.45) is 8.75. The highest BCUT2D eigenvalue weighted by molar-refractivity contribution is 5.75. The second-order valence-electron chi connectivity index (χ2n) is 9.62. The molecule has 0 radical (unpaired) electrons. The predicted octanol–water partition coefficient (Wildman–Crippen LogP) is 4.16. The van der Waals surface area contributed by atoms with Crippen molar-refractivity contribution in [2.45, 2.75) is 77.2 Å². The summed E-state index contributed by atoms with van der Waals surface area (Å²) < 4.78 is 0. The Balaban J connectivity index is 1.76. The van der Waals surface area contributed by atoms with Crippen LogP contribution in [-0.4, -0.2) is 21.8 Å². The molecule has 2 N–H and O–H groups in total. The molecule has 0 amide bonds. The number of hydrogen-bond donors (Lipinski definition) is 2. The Labute approximate surface area is 139 Å². The van der Waals surface area contributed by atoms with Gasteiger partial charge in [-0.1, -0.05) is 19.9 Å². The summed E-state index contributed by atoms with van der Waals surface area (Å²) in [6, 6.07) is 0. The SMILES string of the molecule is C=C1C[C@]23CC[C@@H]4[C@@](C)(CCC[C@@]4(C)C(=O)O)[C@H]2CC[C@@]1(O)C3. The number of aliphatic carboxylic acids is 1. The van der Waals surface area contributed by atoms with Gasteiger partial charge in [-0.05, 0) is 86.5 Å². The maximum Gasteiger partial charge on any atom is 0.309 e. The molecule has 23 heavy (non-hydrogen) atoms. The first-order valence-electron chi connectivity index (χ1n) is 9.30. The van der Waals surface area contributed by atoms with Gasteiger partial charge in [0.1, 0.15) is 0 Å². The molecule has 4 saturated carbocycles. The summed E-state index contributed by atoms with van der Waals surface area (Å²) in [5.74, 6) is 0.219. The van der Waals surface area contributed by atoms with Gasteiger partial charge in [0, 0.05) is 0 Å². The van der Waals surface area contributed by atoms with Gasteiger partial charge < -0.3 is 10.2 Å². The largest absolute Gasteiger partial charge is 0.481 e. The highest BCUT2D eigenvalue weighted by Crippen LogP contribution is 2.72. The Morgan fingerprint density at radius 1 is 1.13 bits per heavy atom. The molecule has 0 aromatic rings. The number of rotatable bonds is 1. The number of fused-ring (bicyclic) bond motifs is 3. The fourth-order valence-corrected chi connectivity index (χ4v) is 7.61. The Kier molecular flexibility index (Phi) is 3.01. The Morgan fingerprint density at radius 2 is 1.83 bits per heavy atom. The van der Waals surface area contributed by atoms with Crippen LogP contribution >= 0.6 is 0 Å². The molecular formula is C20H30O3. The highest BCUT2D eigenvalue weighted by Gasteiger charge is 2.67. The summed E-state index contributed by atoms with van der Waals surface area (Å²) in [6.45, 7) is 8.55. The van der Waals surface area contributed by atoms with Crippen LogP contribution in [0.4, 0.5) is 0 Å². The van der Waals surface area contributed by atoms with Gasteiger partial charge in [0.05, 0.1) is 11.0 Å². The summed E-state index contributed by atoms with van der Waals surface area (Å²) >= 11 is 0. The van der Waals surface area contributed by atoms with E-state index in [0.29, 0.717) is 5.92 Å². The first-order valence-corrected chi connectivity index (χ1v) is 9.30. The third-order valence-corrected chi connectivity index (χ3v) is 8.65. The minimum absolute atomic E-state index is 0.107. The molecule has 3 heteroatoms. The molecule has 4 aliphatic rings. The van der Waals surface area contributed by atoms with E-state index in [0.717, 1.165) is 63.4 Å². The van der Waals surface area contributed by atoms with Crippen molar-refractivity contribution < 1.29 is 15.0 Å². The Bertz CT molecular complexity index is 583. The third-order valence-electron chi connectivity index (χ3n) is 8.65. The van der Waals surface area contributed by atoms with Crippen molar-refractivity contribution in [3.05, 3.63) is 12.2 Å². The molecule has 4 rings (SSSR count). The molecule has 3 nitrogen and oxygen atoms in total. The minimum atomic E-state index is -0.634. The van der Waals surface area contributed by atoms with Gasteiger partial charge in [-0.3, -0.25) is 4.79 Å². The molecule has 4 fully saturated rings. The van der Waals surface area contributed by atoms with E-state index in [4.69, 9.17) is 0 Å². The number of hydrogen-bond acceptors (Lipinski definition) is 2. The van der Waals surface area contributed by atoms with Crippen LogP contribution in [0.15, 0.2) is 12.2 Å². The summed E-state index contributed by atoms with van der Waals surface area (Å²) in [5, 5.41) is 20.8. The average molecular weight is 318 g/mol. The van der Waals surface area contributed by atoms with Crippen molar-refractivity contribution >= 4 is 5.97 Å². The van der Waals surface area contributed by atoms with E-state index in [2.05, 4.69) is 13.5 Å². The monoisotopic (exact) mass is 318 g/mol. The van der Waals surface area contributed by atoms with E-state index >= 15 is 0 Å².